The summed E-state index contributed by atoms with van der Waals surface area (Å²) in [5.74, 6) is 0. The molecule has 0 atom stereocenters. The van der Waals surface area contributed by atoms with Gasteiger partial charge in [0.1, 0.15) is 0 Å². The van der Waals surface area contributed by atoms with E-state index in [1.807, 2.05) is 9.97 Å². The Morgan fingerprint density at radius 2 is 1.10 bits per heavy atom. The van der Waals surface area contributed by atoms with Gasteiger partial charge in [0.05, 0.1) is 12.4 Å². The van der Waals surface area contributed by atoms with Gasteiger partial charge in [-0.25, -0.2) is 9.59 Å². The maximum absolute atomic E-state index is 10.6. The van der Waals surface area contributed by atoms with Crippen molar-refractivity contribution in [3.05, 3.63) is 65.2 Å². The molecule has 20 heavy (non-hydrogen) atoms. The Kier molecular flexibility index (Phi) is 4.31. The third-order valence-corrected chi connectivity index (χ3v) is 2.21. The molecular weight excluding hydrogens is 272 g/mol. The van der Waals surface area contributed by atoms with Gasteiger partial charge >= 0.3 is 11.4 Å². The maximum atomic E-state index is 10.6. The van der Waals surface area contributed by atoms with E-state index in [2.05, 4.69) is 0 Å². The standard InChI is InChI=1S/2C5H6N2O3/c2*1-3-2-7(10)5(9)6-4(3)8/h2*2,10H,1H3,(H,6,8,9). The van der Waals surface area contributed by atoms with Gasteiger partial charge in [-0.3, -0.25) is 19.6 Å². The molecule has 10 nitrogen and oxygen atoms in total. The predicted octanol–water partition coefficient (Wildman–Crippen LogP) is -1.84. The van der Waals surface area contributed by atoms with Gasteiger partial charge in [0.25, 0.3) is 11.1 Å². The van der Waals surface area contributed by atoms with Gasteiger partial charge in [-0.15, -0.1) is 9.46 Å². The minimum absolute atomic E-state index is 0.294. The zero-order chi connectivity index (χ0) is 15.4. The summed E-state index contributed by atoms with van der Waals surface area (Å²) in [6, 6.07) is 0. The van der Waals surface area contributed by atoms with Crippen molar-refractivity contribution in [1.29, 1.82) is 0 Å². The van der Waals surface area contributed by atoms with Crippen molar-refractivity contribution in [2.24, 2.45) is 0 Å². The maximum Gasteiger partial charge on any atom is 0.361 e. The third kappa shape index (κ3) is 3.48. The summed E-state index contributed by atoms with van der Waals surface area (Å²) in [6.07, 6.45) is 2.11. The van der Waals surface area contributed by atoms with Crippen LogP contribution in [0.25, 0.3) is 0 Å². The molecule has 0 saturated carbocycles. The van der Waals surface area contributed by atoms with E-state index in [1.54, 1.807) is 0 Å². The van der Waals surface area contributed by atoms with Crippen LogP contribution in [-0.4, -0.2) is 29.8 Å². The van der Waals surface area contributed by atoms with Crippen LogP contribution in [0.3, 0.4) is 0 Å². The van der Waals surface area contributed by atoms with E-state index >= 15 is 0 Å². The lowest BCUT2D eigenvalue weighted by molar-refractivity contribution is 0.168. The lowest BCUT2D eigenvalue weighted by Gasteiger charge is -1.93. The molecule has 2 rings (SSSR count). The van der Waals surface area contributed by atoms with Crippen LogP contribution in [-0.2, 0) is 0 Å². The van der Waals surface area contributed by atoms with E-state index in [1.165, 1.54) is 13.8 Å². The highest BCUT2D eigenvalue weighted by Gasteiger charge is 1.96. The van der Waals surface area contributed by atoms with Crippen molar-refractivity contribution in [3.8, 4) is 0 Å². The number of aryl methyl sites for hydroxylation is 2. The van der Waals surface area contributed by atoms with Gasteiger partial charge in [-0.1, -0.05) is 0 Å². The Morgan fingerprint density at radius 1 is 0.800 bits per heavy atom. The molecule has 0 aliphatic rings. The van der Waals surface area contributed by atoms with Gasteiger partial charge in [0.15, 0.2) is 0 Å². The number of nitrogens with one attached hydrogen (secondary N) is 2. The Hall–Kier alpha value is -3.04. The molecule has 0 radical (unpaired) electrons. The molecule has 0 aliphatic carbocycles. The first kappa shape index (κ1) is 15.0. The Morgan fingerprint density at radius 3 is 1.35 bits per heavy atom. The first-order valence-corrected chi connectivity index (χ1v) is 5.26. The smallest absolute Gasteiger partial charge is 0.361 e. The van der Waals surface area contributed by atoms with E-state index in [9.17, 15) is 19.2 Å². The minimum Gasteiger partial charge on any atom is -0.424 e. The number of rotatable bonds is 0. The number of aromatic nitrogens is 4. The number of aromatic amines is 2. The van der Waals surface area contributed by atoms with Gasteiger partial charge in [-0.05, 0) is 13.8 Å². The lowest BCUT2D eigenvalue weighted by atomic mass is 10.4. The van der Waals surface area contributed by atoms with E-state index in [0.717, 1.165) is 12.4 Å². The summed E-state index contributed by atoms with van der Waals surface area (Å²) in [6.45, 7) is 2.98. The number of hydrogen-bond acceptors (Lipinski definition) is 6. The second kappa shape index (κ2) is 5.73. The fourth-order valence-electron chi connectivity index (χ4n) is 1.11. The summed E-state index contributed by atoms with van der Waals surface area (Å²) < 4.78 is 0.660. The molecule has 0 amide bonds. The highest BCUT2D eigenvalue weighted by atomic mass is 16.5. The van der Waals surface area contributed by atoms with E-state index in [0.29, 0.717) is 20.6 Å². The van der Waals surface area contributed by atoms with Crippen molar-refractivity contribution in [1.82, 2.24) is 19.4 Å². The van der Waals surface area contributed by atoms with Crippen LogP contribution in [0.1, 0.15) is 11.1 Å². The number of H-pyrrole nitrogens is 2. The molecule has 0 bridgehead atoms. The van der Waals surface area contributed by atoms with Gasteiger partial charge < -0.3 is 10.4 Å². The lowest BCUT2D eigenvalue weighted by Crippen LogP contribution is -2.29. The molecule has 0 spiro atoms. The van der Waals surface area contributed by atoms with Crippen molar-refractivity contribution in [2.45, 2.75) is 13.8 Å². The molecule has 0 saturated heterocycles. The summed E-state index contributed by atoms with van der Waals surface area (Å²) in [4.78, 5) is 45.9. The second-order valence-electron chi connectivity index (χ2n) is 3.83. The first-order chi connectivity index (χ1) is 9.22. The average Bonchev–Trinajstić information content (AvgIpc) is 2.35. The topological polar surface area (TPSA) is 150 Å². The van der Waals surface area contributed by atoms with Gasteiger partial charge in [0, 0.05) is 11.1 Å². The Balaban J connectivity index is 0.000000200. The molecule has 0 aliphatic heterocycles. The molecular formula is C10H12N4O6. The van der Waals surface area contributed by atoms with Crippen molar-refractivity contribution in [2.75, 3.05) is 0 Å². The first-order valence-electron chi connectivity index (χ1n) is 5.26. The van der Waals surface area contributed by atoms with Crippen molar-refractivity contribution >= 4 is 0 Å². The largest absolute Gasteiger partial charge is 0.424 e. The number of hydrogen-bond donors (Lipinski definition) is 4. The highest BCUT2D eigenvalue weighted by molar-refractivity contribution is 4.99. The van der Waals surface area contributed by atoms with E-state index < -0.39 is 22.5 Å². The third-order valence-electron chi connectivity index (χ3n) is 2.21. The van der Waals surface area contributed by atoms with Crippen LogP contribution in [0, 0.1) is 13.8 Å². The predicted molar refractivity (Wildman–Crippen MR) is 66.5 cm³/mol. The monoisotopic (exact) mass is 284 g/mol. The van der Waals surface area contributed by atoms with Crippen molar-refractivity contribution < 1.29 is 10.4 Å². The zero-order valence-electron chi connectivity index (χ0n) is 10.6. The molecule has 0 aromatic carbocycles. The van der Waals surface area contributed by atoms with Gasteiger partial charge in [0.2, 0.25) is 0 Å². The molecule has 2 heterocycles. The average molecular weight is 284 g/mol. The SMILES string of the molecule is Cc1cn(O)c(=O)[nH]c1=O.Cc1cn(O)c(=O)[nH]c1=O. The van der Waals surface area contributed by atoms with Crippen molar-refractivity contribution in [3.63, 3.8) is 0 Å². The summed E-state index contributed by atoms with van der Waals surface area (Å²) >= 11 is 0. The molecule has 2 aromatic heterocycles. The molecule has 0 unspecified atom stereocenters. The quantitative estimate of drug-likeness (QED) is 0.418. The molecule has 4 N–H and O–H groups in total. The second-order valence-corrected chi connectivity index (χ2v) is 3.83. The normalized spacial score (nSPS) is 9.70. The molecule has 108 valence electrons. The van der Waals surface area contributed by atoms with Crippen LogP contribution in [0.15, 0.2) is 31.6 Å². The summed E-state index contributed by atoms with van der Waals surface area (Å²) in [7, 11) is 0. The van der Waals surface area contributed by atoms with Crippen LogP contribution in [0.2, 0.25) is 0 Å². The van der Waals surface area contributed by atoms with Gasteiger partial charge in [-0.2, -0.15) is 0 Å². The van der Waals surface area contributed by atoms with Crippen LogP contribution in [0.4, 0.5) is 0 Å². The van der Waals surface area contributed by atoms with Crippen LogP contribution in [0.5, 0.6) is 0 Å². The van der Waals surface area contributed by atoms with E-state index in [-0.39, 0.29) is 0 Å². The fourth-order valence-corrected chi connectivity index (χ4v) is 1.11. The molecule has 2 aromatic rings. The minimum atomic E-state index is -0.824. The summed E-state index contributed by atoms with van der Waals surface area (Å²) in [5, 5.41) is 17.3. The Bertz CT molecular complexity index is 706. The Labute approximate surface area is 110 Å². The van der Waals surface area contributed by atoms with Crippen LogP contribution >= 0.6 is 0 Å². The summed E-state index contributed by atoms with van der Waals surface area (Å²) in [5.41, 5.74) is -2.01. The zero-order valence-corrected chi connectivity index (χ0v) is 10.6. The number of nitrogens with zero attached hydrogens (tertiary/aromatic N) is 2. The highest BCUT2D eigenvalue weighted by Crippen LogP contribution is 1.78. The molecule has 10 heteroatoms. The molecule has 0 fully saturated rings. The van der Waals surface area contributed by atoms with Crippen LogP contribution < -0.4 is 22.5 Å². The van der Waals surface area contributed by atoms with E-state index in [4.69, 9.17) is 10.4 Å². The fraction of sp³-hybridized carbons (Fsp3) is 0.200.